The Hall–Kier alpha value is -2.61. The molecular formula is C25H39N5O3. The van der Waals surface area contributed by atoms with E-state index in [9.17, 15) is 14.4 Å². The maximum absolute atomic E-state index is 11.9. The molecule has 1 aromatic rings. The Labute approximate surface area is 197 Å². The first-order valence-electron chi connectivity index (χ1n) is 12.4. The number of hydrogen-bond donors (Lipinski definition) is 3. The summed E-state index contributed by atoms with van der Waals surface area (Å²) < 4.78 is 0. The summed E-state index contributed by atoms with van der Waals surface area (Å²) >= 11 is 0. The molecule has 0 saturated carbocycles. The molecule has 0 spiro atoms. The highest BCUT2D eigenvalue weighted by atomic mass is 16.2. The number of nitrogens with one attached hydrogen (secondary N) is 3. The predicted molar refractivity (Wildman–Crippen MR) is 131 cm³/mol. The van der Waals surface area contributed by atoms with Gasteiger partial charge in [-0.05, 0) is 50.1 Å². The lowest BCUT2D eigenvalue weighted by Gasteiger charge is -2.36. The van der Waals surface area contributed by atoms with E-state index in [1.54, 1.807) is 6.92 Å². The third-order valence-electron chi connectivity index (χ3n) is 6.46. The number of carbonyl (C=O) groups excluding carboxylic acids is 3. The van der Waals surface area contributed by atoms with Gasteiger partial charge in [0, 0.05) is 57.4 Å². The summed E-state index contributed by atoms with van der Waals surface area (Å²) in [5.74, 6) is -0.370. The minimum Gasteiger partial charge on any atom is -0.374 e. The Morgan fingerprint density at radius 2 is 1.64 bits per heavy atom. The SMILES string of the molecule is CC(=O)NCCCCCCCCN1CCN(c2ccc(NC3CCC(=O)NC3=O)cc2)CC1. The van der Waals surface area contributed by atoms with Crippen molar-refractivity contribution in [1.82, 2.24) is 15.5 Å². The van der Waals surface area contributed by atoms with Gasteiger partial charge in [-0.1, -0.05) is 25.7 Å². The zero-order chi connectivity index (χ0) is 23.5. The first kappa shape index (κ1) is 25.0. The minimum atomic E-state index is -0.346. The van der Waals surface area contributed by atoms with Gasteiger partial charge in [-0.2, -0.15) is 0 Å². The average Bonchev–Trinajstić information content (AvgIpc) is 2.80. The smallest absolute Gasteiger partial charge is 0.249 e. The van der Waals surface area contributed by atoms with E-state index < -0.39 is 0 Å². The van der Waals surface area contributed by atoms with E-state index in [4.69, 9.17) is 0 Å². The highest BCUT2D eigenvalue weighted by Gasteiger charge is 2.26. The maximum atomic E-state index is 11.9. The molecule has 0 bridgehead atoms. The van der Waals surface area contributed by atoms with Crippen LogP contribution in [0.5, 0.6) is 0 Å². The first-order chi connectivity index (χ1) is 16.0. The summed E-state index contributed by atoms with van der Waals surface area (Å²) in [6.07, 6.45) is 8.25. The van der Waals surface area contributed by atoms with Gasteiger partial charge in [0.1, 0.15) is 6.04 Å². The van der Waals surface area contributed by atoms with Crippen molar-refractivity contribution < 1.29 is 14.4 Å². The Bertz CT molecular complexity index is 775. The third kappa shape index (κ3) is 8.68. The highest BCUT2D eigenvalue weighted by Crippen LogP contribution is 2.21. The molecule has 8 nitrogen and oxygen atoms in total. The van der Waals surface area contributed by atoms with Crippen LogP contribution in [-0.4, -0.2) is 67.9 Å². The predicted octanol–water partition coefficient (Wildman–Crippen LogP) is 2.50. The first-order valence-corrected chi connectivity index (χ1v) is 12.4. The van der Waals surface area contributed by atoms with Gasteiger partial charge in [0.25, 0.3) is 0 Å². The maximum Gasteiger partial charge on any atom is 0.249 e. The standard InChI is InChI=1S/C25H39N5O3/c1-20(31)26-14-6-4-2-3-5-7-15-29-16-18-30(19-17-29)22-10-8-21(9-11-22)27-23-12-13-24(32)28-25(23)33/h8-11,23,27H,2-7,12-19H2,1H3,(H,26,31)(H,28,32,33). The van der Waals surface area contributed by atoms with Gasteiger partial charge >= 0.3 is 0 Å². The molecular weight excluding hydrogens is 418 g/mol. The van der Waals surface area contributed by atoms with E-state index in [1.165, 1.54) is 44.3 Å². The second-order valence-corrected chi connectivity index (χ2v) is 9.13. The van der Waals surface area contributed by atoms with Crippen LogP contribution in [-0.2, 0) is 14.4 Å². The Morgan fingerprint density at radius 1 is 0.970 bits per heavy atom. The van der Waals surface area contributed by atoms with Gasteiger partial charge in [0.15, 0.2) is 0 Å². The van der Waals surface area contributed by atoms with Crippen LogP contribution < -0.4 is 20.9 Å². The number of imide groups is 1. The third-order valence-corrected chi connectivity index (χ3v) is 6.46. The molecule has 0 aromatic heterocycles. The fourth-order valence-corrected chi connectivity index (χ4v) is 4.46. The number of piperazine rings is 1. The van der Waals surface area contributed by atoms with Gasteiger partial charge in [-0.25, -0.2) is 0 Å². The molecule has 2 aliphatic rings. The van der Waals surface area contributed by atoms with Gasteiger partial charge in [0.05, 0.1) is 0 Å². The number of piperidine rings is 1. The molecule has 3 amide bonds. The van der Waals surface area contributed by atoms with Gasteiger partial charge in [-0.3, -0.25) is 24.6 Å². The molecule has 1 aromatic carbocycles. The van der Waals surface area contributed by atoms with Crippen LogP contribution in [0.15, 0.2) is 24.3 Å². The monoisotopic (exact) mass is 457 g/mol. The molecule has 0 aliphatic carbocycles. The topological polar surface area (TPSA) is 93.8 Å². The lowest BCUT2D eigenvalue weighted by atomic mass is 10.1. The number of carbonyl (C=O) groups is 3. The Morgan fingerprint density at radius 3 is 2.30 bits per heavy atom. The van der Waals surface area contributed by atoms with E-state index in [0.717, 1.165) is 44.8 Å². The molecule has 1 atom stereocenters. The normalized spacial score (nSPS) is 19.3. The fourth-order valence-electron chi connectivity index (χ4n) is 4.46. The van der Waals surface area contributed by atoms with Crippen molar-refractivity contribution in [2.24, 2.45) is 0 Å². The van der Waals surface area contributed by atoms with Crippen LogP contribution in [0.2, 0.25) is 0 Å². The van der Waals surface area contributed by atoms with Crippen LogP contribution in [0.1, 0.15) is 58.3 Å². The fraction of sp³-hybridized carbons (Fsp3) is 0.640. The summed E-state index contributed by atoms with van der Waals surface area (Å²) in [6, 6.07) is 7.90. The van der Waals surface area contributed by atoms with Crippen molar-refractivity contribution in [3.05, 3.63) is 24.3 Å². The van der Waals surface area contributed by atoms with Crippen LogP contribution >= 0.6 is 0 Å². The second-order valence-electron chi connectivity index (χ2n) is 9.13. The highest BCUT2D eigenvalue weighted by molar-refractivity contribution is 6.01. The number of amides is 3. The lowest BCUT2D eigenvalue weighted by molar-refractivity contribution is -0.133. The van der Waals surface area contributed by atoms with Crippen LogP contribution in [0.4, 0.5) is 11.4 Å². The molecule has 8 heteroatoms. The zero-order valence-corrected chi connectivity index (χ0v) is 19.9. The van der Waals surface area contributed by atoms with Crippen molar-refractivity contribution in [2.45, 2.75) is 64.3 Å². The Kier molecular flexibility index (Phi) is 10.00. The number of benzene rings is 1. The van der Waals surface area contributed by atoms with E-state index in [2.05, 4.69) is 37.9 Å². The molecule has 2 fully saturated rings. The zero-order valence-electron chi connectivity index (χ0n) is 19.9. The van der Waals surface area contributed by atoms with Crippen molar-refractivity contribution in [1.29, 1.82) is 0 Å². The largest absolute Gasteiger partial charge is 0.374 e. The summed E-state index contributed by atoms with van der Waals surface area (Å²) in [5, 5.41) is 8.47. The molecule has 33 heavy (non-hydrogen) atoms. The number of anilines is 2. The summed E-state index contributed by atoms with van der Waals surface area (Å²) in [5.41, 5.74) is 2.12. The molecule has 1 unspecified atom stereocenters. The molecule has 2 aliphatic heterocycles. The van der Waals surface area contributed by atoms with E-state index >= 15 is 0 Å². The number of hydrogen-bond acceptors (Lipinski definition) is 6. The van der Waals surface area contributed by atoms with Gasteiger partial charge < -0.3 is 15.5 Å². The molecule has 0 radical (unpaired) electrons. The number of nitrogens with zero attached hydrogens (tertiary/aromatic N) is 2. The number of unbranched alkanes of at least 4 members (excludes halogenated alkanes) is 5. The minimum absolute atomic E-state index is 0.0638. The second kappa shape index (κ2) is 13.2. The summed E-state index contributed by atoms with van der Waals surface area (Å²) in [4.78, 5) is 39.0. The number of rotatable bonds is 12. The summed E-state index contributed by atoms with van der Waals surface area (Å²) in [6.45, 7) is 7.79. The van der Waals surface area contributed by atoms with E-state index in [1.807, 2.05) is 12.1 Å². The molecule has 3 N–H and O–H groups in total. The van der Waals surface area contributed by atoms with E-state index in [-0.39, 0.29) is 23.8 Å². The van der Waals surface area contributed by atoms with Crippen molar-refractivity contribution in [3.8, 4) is 0 Å². The van der Waals surface area contributed by atoms with Crippen molar-refractivity contribution >= 4 is 29.1 Å². The molecule has 182 valence electrons. The lowest BCUT2D eigenvalue weighted by Crippen LogP contribution is -2.47. The van der Waals surface area contributed by atoms with Crippen molar-refractivity contribution in [2.75, 3.05) is 49.5 Å². The Balaban J connectivity index is 1.27. The quantitative estimate of drug-likeness (QED) is 0.330. The summed E-state index contributed by atoms with van der Waals surface area (Å²) in [7, 11) is 0. The average molecular weight is 458 g/mol. The van der Waals surface area contributed by atoms with Crippen LogP contribution in [0, 0.1) is 0 Å². The van der Waals surface area contributed by atoms with Crippen LogP contribution in [0.25, 0.3) is 0 Å². The van der Waals surface area contributed by atoms with Gasteiger partial charge in [-0.15, -0.1) is 0 Å². The van der Waals surface area contributed by atoms with Crippen molar-refractivity contribution in [3.63, 3.8) is 0 Å². The molecule has 2 saturated heterocycles. The molecule has 3 rings (SSSR count). The van der Waals surface area contributed by atoms with E-state index in [0.29, 0.717) is 12.8 Å². The van der Waals surface area contributed by atoms with Gasteiger partial charge in [0.2, 0.25) is 17.7 Å². The van der Waals surface area contributed by atoms with Crippen LogP contribution in [0.3, 0.4) is 0 Å². The molecule has 2 heterocycles.